The Balaban J connectivity index is 4.06. The maximum atomic E-state index is 11.2. The summed E-state index contributed by atoms with van der Waals surface area (Å²) in [7, 11) is 0. The molecular weight excluding hydrogens is 166 g/mol. The molecule has 0 fully saturated rings. The maximum absolute atomic E-state index is 11.2. The van der Waals surface area contributed by atoms with Crippen molar-refractivity contribution in [2.24, 2.45) is 11.1 Å². The molecule has 0 bridgehead atoms. The monoisotopic (exact) mass is 185 g/mol. The van der Waals surface area contributed by atoms with Crippen LogP contribution in [0.2, 0.25) is 0 Å². The van der Waals surface area contributed by atoms with Crippen LogP contribution in [0.25, 0.3) is 0 Å². The molecule has 3 nitrogen and oxygen atoms in total. The molecule has 2 N–H and O–H groups in total. The molecule has 0 unspecified atom stereocenters. The van der Waals surface area contributed by atoms with Gasteiger partial charge in [-0.05, 0) is 18.8 Å². The van der Waals surface area contributed by atoms with E-state index in [2.05, 4.69) is 6.58 Å². The zero-order valence-corrected chi connectivity index (χ0v) is 8.67. The Morgan fingerprint density at radius 3 is 2.62 bits per heavy atom. The fourth-order valence-corrected chi connectivity index (χ4v) is 0.983. The van der Waals surface area contributed by atoms with E-state index in [1.54, 1.807) is 13.0 Å². The van der Waals surface area contributed by atoms with Crippen molar-refractivity contribution in [3.63, 3.8) is 0 Å². The molecule has 3 heteroatoms. The fraction of sp³-hybridized carbons (Fsp3) is 0.700. The van der Waals surface area contributed by atoms with Crippen LogP contribution in [0.1, 0.15) is 27.2 Å². The van der Waals surface area contributed by atoms with Gasteiger partial charge in [-0.2, -0.15) is 0 Å². The molecule has 0 saturated heterocycles. The molecule has 76 valence electrons. The molecule has 1 atom stereocenters. The third-order valence-corrected chi connectivity index (χ3v) is 1.89. The third kappa shape index (κ3) is 4.68. The largest absolute Gasteiger partial charge is 0.465 e. The summed E-state index contributed by atoms with van der Waals surface area (Å²) >= 11 is 0. The molecule has 0 spiro atoms. The van der Waals surface area contributed by atoms with Crippen molar-refractivity contribution in [3.8, 4) is 0 Å². The van der Waals surface area contributed by atoms with E-state index in [0.717, 1.165) is 0 Å². The summed E-state index contributed by atoms with van der Waals surface area (Å²) in [6.07, 6.45) is 2.36. The van der Waals surface area contributed by atoms with Gasteiger partial charge in [-0.25, -0.2) is 0 Å². The molecule has 0 rings (SSSR count). The molecular formula is C10H19NO2. The summed E-state index contributed by atoms with van der Waals surface area (Å²) in [5, 5.41) is 0. The first kappa shape index (κ1) is 12.2. The first-order chi connectivity index (χ1) is 5.93. The first-order valence-corrected chi connectivity index (χ1v) is 4.48. The van der Waals surface area contributed by atoms with Gasteiger partial charge in [0.2, 0.25) is 0 Å². The minimum Gasteiger partial charge on any atom is -0.465 e. The minimum atomic E-state index is -0.548. The number of hydrogen-bond acceptors (Lipinski definition) is 3. The average molecular weight is 185 g/mol. The Bertz CT molecular complexity index is 187. The Hall–Kier alpha value is -0.830. The van der Waals surface area contributed by atoms with Gasteiger partial charge in [0, 0.05) is 0 Å². The number of ether oxygens (including phenoxy) is 1. The van der Waals surface area contributed by atoms with Gasteiger partial charge < -0.3 is 10.5 Å². The van der Waals surface area contributed by atoms with Crippen LogP contribution in [0.15, 0.2) is 12.7 Å². The molecule has 0 radical (unpaired) electrons. The van der Waals surface area contributed by atoms with Gasteiger partial charge in [-0.3, -0.25) is 4.79 Å². The van der Waals surface area contributed by atoms with Gasteiger partial charge in [0.15, 0.2) is 0 Å². The van der Waals surface area contributed by atoms with Gasteiger partial charge in [0.05, 0.1) is 6.61 Å². The normalized spacial score (nSPS) is 13.5. The molecule has 13 heavy (non-hydrogen) atoms. The van der Waals surface area contributed by atoms with Gasteiger partial charge in [-0.15, -0.1) is 6.58 Å². The van der Waals surface area contributed by atoms with Gasteiger partial charge >= 0.3 is 5.97 Å². The predicted molar refractivity (Wildman–Crippen MR) is 53.2 cm³/mol. The lowest BCUT2D eigenvalue weighted by molar-refractivity contribution is -0.145. The van der Waals surface area contributed by atoms with Crippen molar-refractivity contribution in [3.05, 3.63) is 12.7 Å². The lowest BCUT2D eigenvalue weighted by Gasteiger charge is -2.22. The smallest absolute Gasteiger partial charge is 0.322 e. The van der Waals surface area contributed by atoms with Crippen LogP contribution in [0.3, 0.4) is 0 Å². The Labute approximate surface area is 79.9 Å². The number of hydrogen-bond donors (Lipinski definition) is 1. The highest BCUT2D eigenvalue weighted by atomic mass is 16.5. The summed E-state index contributed by atoms with van der Waals surface area (Å²) in [5.74, 6) is -0.336. The zero-order valence-electron chi connectivity index (χ0n) is 8.67. The number of carbonyl (C=O) groups is 1. The lowest BCUT2D eigenvalue weighted by atomic mass is 9.86. The molecule has 0 amide bonds. The van der Waals surface area contributed by atoms with Crippen LogP contribution in [-0.4, -0.2) is 18.6 Å². The number of allylic oxidation sites excluding steroid dienone is 1. The average Bonchev–Trinajstić information content (AvgIpc) is 2.04. The number of nitrogens with two attached hydrogens (primary N) is 1. The number of carbonyl (C=O) groups excluding carboxylic acids is 1. The van der Waals surface area contributed by atoms with E-state index in [1.807, 2.05) is 13.8 Å². The topological polar surface area (TPSA) is 52.3 Å². The van der Waals surface area contributed by atoms with Gasteiger partial charge in [0.25, 0.3) is 0 Å². The van der Waals surface area contributed by atoms with E-state index in [-0.39, 0.29) is 11.4 Å². The number of esters is 1. The summed E-state index contributed by atoms with van der Waals surface area (Å²) in [6.45, 7) is 9.80. The first-order valence-electron chi connectivity index (χ1n) is 4.48. The summed E-state index contributed by atoms with van der Waals surface area (Å²) in [6, 6.07) is -0.548. The molecule has 0 aromatic heterocycles. The van der Waals surface area contributed by atoms with Gasteiger partial charge in [-0.1, -0.05) is 19.9 Å². The van der Waals surface area contributed by atoms with Gasteiger partial charge in [0.1, 0.15) is 6.04 Å². The van der Waals surface area contributed by atoms with E-state index in [9.17, 15) is 4.79 Å². The fourth-order valence-electron chi connectivity index (χ4n) is 0.983. The van der Waals surface area contributed by atoms with Crippen molar-refractivity contribution in [2.75, 3.05) is 6.61 Å². The molecule has 0 aliphatic rings. The van der Waals surface area contributed by atoms with E-state index < -0.39 is 6.04 Å². The second-order valence-corrected chi connectivity index (χ2v) is 3.76. The van der Waals surface area contributed by atoms with E-state index in [1.165, 1.54) is 0 Å². The van der Waals surface area contributed by atoms with Crippen LogP contribution < -0.4 is 5.73 Å². The number of rotatable bonds is 5. The Morgan fingerprint density at radius 2 is 2.23 bits per heavy atom. The second-order valence-electron chi connectivity index (χ2n) is 3.76. The summed E-state index contributed by atoms with van der Waals surface area (Å²) < 4.78 is 4.80. The van der Waals surface area contributed by atoms with E-state index in [0.29, 0.717) is 13.0 Å². The van der Waals surface area contributed by atoms with Crippen molar-refractivity contribution in [1.82, 2.24) is 0 Å². The Morgan fingerprint density at radius 1 is 1.69 bits per heavy atom. The highest BCUT2D eigenvalue weighted by Crippen LogP contribution is 2.22. The third-order valence-electron chi connectivity index (χ3n) is 1.89. The molecule has 0 aliphatic carbocycles. The Kier molecular flexibility index (Phi) is 4.70. The predicted octanol–water partition coefficient (Wildman–Crippen LogP) is 1.48. The van der Waals surface area contributed by atoms with Crippen molar-refractivity contribution < 1.29 is 9.53 Å². The van der Waals surface area contributed by atoms with Crippen molar-refractivity contribution >= 4 is 5.97 Å². The van der Waals surface area contributed by atoms with E-state index in [4.69, 9.17) is 10.5 Å². The van der Waals surface area contributed by atoms with Crippen molar-refractivity contribution in [1.29, 1.82) is 0 Å². The quantitative estimate of drug-likeness (QED) is 0.521. The molecule has 0 aliphatic heterocycles. The van der Waals surface area contributed by atoms with Crippen LogP contribution in [0, 0.1) is 5.41 Å². The van der Waals surface area contributed by atoms with Crippen molar-refractivity contribution in [2.45, 2.75) is 33.2 Å². The summed E-state index contributed by atoms with van der Waals surface area (Å²) in [4.78, 5) is 11.2. The highest BCUT2D eigenvalue weighted by Gasteiger charge is 2.23. The zero-order chi connectivity index (χ0) is 10.5. The molecule has 0 heterocycles. The highest BCUT2D eigenvalue weighted by molar-refractivity contribution is 5.75. The molecule has 0 aromatic rings. The minimum absolute atomic E-state index is 0.119. The standard InChI is InChI=1S/C10H19NO2/c1-5-10(3,4)7-8(11)9(12)13-6-2/h5,8H,1,6-7,11H2,2-4H3/t8-/m0/s1. The van der Waals surface area contributed by atoms with Crippen LogP contribution >= 0.6 is 0 Å². The maximum Gasteiger partial charge on any atom is 0.322 e. The van der Waals surface area contributed by atoms with Crippen LogP contribution in [0.5, 0.6) is 0 Å². The second kappa shape index (κ2) is 5.02. The van der Waals surface area contributed by atoms with Crippen LogP contribution in [0.4, 0.5) is 0 Å². The van der Waals surface area contributed by atoms with E-state index >= 15 is 0 Å². The lowest BCUT2D eigenvalue weighted by Crippen LogP contribution is -2.36. The molecule has 0 saturated carbocycles. The van der Waals surface area contributed by atoms with Crippen LogP contribution in [-0.2, 0) is 9.53 Å². The summed E-state index contributed by atoms with van der Waals surface area (Å²) in [5.41, 5.74) is 5.52. The molecule has 0 aromatic carbocycles. The SMILES string of the molecule is C=CC(C)(C)C[C@H](N)C(=O)OCC.